The van der Waals surface area contributed by atoms with E-state index in [0.29, 0.717) is 35.8 Å². The van der Waals surface area contributed by atoms with Gasteiger partial charge in [0, 0.05) is 5.69 Å². The summed E-state index contributed by atoms with van der Waals surface area (Å²) in [5.41, 5.74) is 1.53. The molecule has 0 aliphatic carbocycles. The second kappa shape index (κ2) is 10.3. The van der Waals surface area contributed by atoms with Crippen molar-refractivity contribution in [2.24, 2.45) is 0 Å². The third kappa shape index (κ3) is 5.98. The largest absolute Gasteiger partial charge is 0.497 e. The Morgan fingerprint density at radius 1 is 1.21 bits per heavy atom. The molecule has 0 radical (unpaired) electrons. The first-order valence-corrected chi connectivity index (χ1v) is 9.18. The number of ether oxygens (including phenoxy) is 2. The van der Waals surface area contributed by atoms with Crippen LogP contribution in [0.15, 0.2) is 35.5 Å². The molecule has 1 aromatic carbocycles. The molecule has 1 heterocycles. The zero-order valence-electron chi connectivity index (χ0n) is 16.4. The van der Waals surface area contributed by atoms with Crippen LogP contribution < -0.4 is 25.6 Å². The van der Waals surface area contributed by atoms with Crippen molar-refractivity contribution in [1.29, 1.82) is 0 Å². The van der Waals surface area contributed by atoms with Gasteiger partial charge in [-0.1, -0.05) is 0 Å². The van der Waals surface area contributed by atoms with E-state index in [1.807, 2.05) is 6.92 Å². The Kier molecular flexibility index (Phi) is 7.82. The number of carbonyl (C=O) groups is 3. The smallest absolute Gasteiger partial charge is 0.337 e. The van der Waals surface area contributed by atoms with Gasteiger partial charge in [-0.2, -0.15) is 0 Å². The predicted octanol–water partition coefficient (Wildman–Crippen LogP) is -0.331. The van der Waals surface area contributed by atoms with Crippen LogP contribution in [0.25, 0.3) is 0 Å². The molecule has 3 amide bonds. The van der Waals surface area contributed by atoms with E-state index in [2.05, 4.69) is 16.0 Å². The van der Waals surface area contributed by atoms with Gasteiger partial charge in [-0.05, 0) is 38.1 Å². The minimum absolute atomic E-state index is 0.106. The number of anilines is 1. The molecule has 2 rings (SSSR count). The average molecular weight is 391 g/mol. The molecule has 28 heavy (non-hydrogen) atoms. The molecular formula is C19H27N4O5+. The van der Waals surface area contributed by atoms with Gasteiger partial charge in [-0.15, -0.1) is 0 Å². The van der Waals surface area contributed by atoms with E-state index in [4.69, 9.17) is 9.47 Å². The highest BCUT2D eigenvalue weighted by molar-refractivity contribution is 5.94. The number of amides is 3. The van der Waals surface area contributed by atoms with E-state index in [1.165, 1.54) is 0 Å². The lowest BCUT2D eigenvalue weighted by Crippen LogP contribution is -3.13. The summed E-state index contributed by atoms with van der Waals surface area (Å²) in [4.78, 5) is 37.1. The normalized spacial score (nSPS) is 14.6. The zero-order chi connectivity index (χ0) is 20.5. The Morgan fingerprint density at radius 3 is 2.54 bits per heavy atom. The first-order valence-electron chi connectivity index (χ1n) is 9.18. The molecule has 1 aliphatic rings. The Labute approximate surface area is 164 Å². The van der Waals surface area contributed by atoms with Crippen molar-refractivity contribution in [3.63, 3.8) is 0 Å². The van der Waals surface area contributed by atoms with Crippen molar-refractivity contribution in [2.75, 3.05) is 45.2 Å². The summed E-state index contributed by atoms with van der Waals surface area (Å²) in [6.07, 6.45) is 0. The molecule has 0 spiro atoms. The second-order valence-electron chi connectivity index (χ2n) is 6.22. The lowest BCUT2D eigenvalue weighted by molar-refractivity contribution is -0.885. The Morgan fingerprint density at radius 2 is 1.93 bits per heavy atom. The molecule has 1 unspecified atom stereocenters. The summed E-state index contributed by atoms with van der Waals surface area (Å²) in [6.45, 7) is 5.16. The van der Waals surface area contributed by atoms with Gasteiger partial charge < -0.3 is 30.3 Å². The van der Waals surface area contributed by atoms with Gasteiger partial charge in [0.25, 0.3) is 5.91 Å². The van der Waals surface area contributed by atoms with Crippen LogP contribution in [-0.4, -0.2) is 57.8 Å². The fourth-order valence-corrected chi connectivity index (χ4v) is 2.77. The molecule has 4 N–H and O–H groups in total. The number of quaternary nitrogens is 1. The number of esters is 1. The van der Waals surface area contributed by atoms with Crippen molar-refractivity contribution in [3.8, 4) is 5.75 Å². The number of hydrogen-bond acceptors (Lipinski definition) is 5. The van der Waals surface area contributed by atoms with Crippen LogP contribution in [-0.2, 0) is 14.3 Å². The fraction of sp³-hybridized carbons (Fsp3) is 0.421. The maximum absolute atomic E-state index is 12.4. The van der Waals surface area contributed by atoms with Crippen LogP contribution in [0.3, 0.4) is 0 Å². The van der Waals surface area contributed by atoms with E-state index >= 15 is 0 Å². The van der Waals surface area contributed by atoms with Gasteiger partial charge in [0.05, 0.1) is 38.1 Å². The topological polar surface area (TPSA) is 110 Å². The number of likely N-dealkylation sites (N-methyl/N-ethyl adjacent to an activating group) is 1. The first kappa shape index (κ1) is 21.2. The second-order valence-corrected chi connectivity index (χ2v) is 6.22. The minimum Gasteiger partial charge on any atom is -0.497 e. The summed E-state index contributed by atoms with van der Waals surface area (Å²) in [7, 11) is 1.58. The van der Waals surface area contributed by atoms with Crippen LogP contribution in [0.5, 0.6) is 5.75 Å². The van der Waals surface area contributed by atoms with Gasteiger partial charge in [0.1, 0.15) is 12.3 Å². The van der Waals surface area contributed by atoms with E-state index in [0.717, 1.165) is 4.90 Å². The van der Waals surface area contributed by atoms with Crippen molar-refractivity contribution >= 4 is 23.6 Å². The number of rotatable bonds is 9. The quantitative estimate of drug-likeness (QED) is 0.431. The third-order valence-corrected chi connectivity index (χ3v) is 4.29. The summed E-state index contributed by atoms with van der Waals surface area (Å²) in [5, 5.41) is 8.07. The average Bonchev–Trinajstić information content (AvgIpc) is 2.68. The molecule has 0 fully saturated rings. The standard InChI is InChI=1S/C19H26N4O5/c1-4-23(12-17(24)21-13-6-8-14(27-3)9-7-13)11-16-15(18(25)28-5-2)10-20-19(26)22-16/h6-9H,4-5,10-12H2,1-3H3,(H,21,24)(H2,20,22,26)/p+1. The van der Waals surface area contributed by atoms with Crippen LogP contribution in [0, 0.1) is 0 Å². The molecule has 0 bridgehead atoms. The van der Waals surface area contributed by atoms with Crippen molar-refractivity contribution in [3.05, 3.63) is 35.5 Å². The van der Waals surface area contributed by atoms with Crippen LogP contribution >= 0.6 is 0 Å². The summed E-state index contributed by atoms with van der Waals surface area (Å²) < 4.78 is 10.2. The van der Waals surface area contributed by atoms with Gasteiger partial charge in [0.15, 0.2) is 6.54 Å². The highest BCUT2D eigenvalue weighted by Gasteiger charge is 2.27. The maximum atomic E-state index is 12.4. The van der Waals surface area contributed by atoms with Crippen LogP contribution in [0.2, 0.25) is 0 Å². The van der Waals surface area contributed by atoms with E-state index in [1.54, 1.807) is 38.3 Å². The lowest BCUT2D eigenvalue weighted by Gasteiger charge is -2.24. The number of nitrogens with one attached hydrogen (secondary N) is 4. The van der Waals surface area contributed by atoms with Crippen LogP contribution in [0.4, 0.5) is 10.5 Å². The lowest BCUT2D eigenvalue weighted by atomic mass is 10.1. The molecule has 0 aromatic heterocycles. The maximum Gasteiger partial charge on any atom is 0.337 e. The predicted molar refractivity (Wildman–Crippen MR) is 103 cm³/mol. The Balaban J connectivity index is 2.03. The molecule has 0 saturated heterocycles. The molecule has 152 valence electrons. The van der Waals surface area contributed by atoms with Crippen molar-refractivity contribution in [1.82, 2.24) is 10.6 Å². The van der Waals surface area contributed by atoms with E-state index in [-0.39, 0.29) is 31.6 Å². The molecule has 9 heteroatoms. The number of urea groups is 1. The molecule has 1 atom stereocenters. The molecule has 0 saturated carbocycles. The SMILES string of the molecule is CCOC(=O)C1=C(C[NH+](CC)CC(=O)Nc2ccc(OC)cc2)NC(=O)NC1. The van der Waals surface area contributed by atoms with Gasteiger partial charge in [-0.3, -0.25) is 4.79 Å². The summed E-state index contributed by atoms with van der Waals surface area (Å²) in [6, 6.07) is 6.68. The van der Waals surface area contributed by atoms with Crippen LogP contribution in [0.1, 0.15) is 13.8 Å². The first-order chi connectivity index (χ1) is 13.5. The molecule has 1 aliphatic heterocycles. The van der Waals surface area contributed by atoms with E-state index < -0.39 is 5.97 Å². The Hall–Kier alpha value is -3.07. The highest BCUT2D eigenvalue weighted by atomic mass is 16.5. The van der Waals surface area contributed by atoms with Gasteiger partial charge in [0.2, 0.25) is 0 Å². The molecular weight excluding hydrogens is 364 g/mol. The highest BCUT2D eigenvalue weighted by Crippen LogP contribution is 2.14. The minimum atomic E-state index is -0.469. The third-order valence-electron chi connectivity index (χ3n) is 4.29. The zero-order valence-corrected chi connectivity index (χ0v) is 16.4. The van der Waals surface area contributed by atoms with Crippen molar-refractivity contribution in [2.45, 2.75) is 13.8 Å². The number of methoxy groups -OCH3 is 1. The number of hydrogen-bond donors (Lipinski definition) is 4. The monoisotopic (exact) mass is 391 g/mol. The van der Waals surface area contributed by atoms with Crippen molar-refractivity contribution < 1.29 is 28.8 Å². The molecule has 9 nitrogen and oxygen atoms in total. The fourth-order valence-electron chi connectivity index (χ4n) is 2.77. The number of carbonyl (C=O) groups excluding carboxylic acids is 3. The summed E-state index contributed by atoms with van der Waals surface area (Å²) >= 11 is 0. The number of benzene rings is 1. The molecule has 1 aromatic rings. The van der Waals surface area contributed by atoms with Gasteiger partial charge >= 0.3 is 12.0 Å². The van der Waals surface area contributed by atoms with Gasteiger partial charge in [-0.25, -0.2) is 9.59 Å². The van der Waals surface area contributed by atoms with E-state index in [9.17, 15) is 14.4 Å². The Bertz CT molecular complexity index is 745. The summed E-state index contributed by atoms with van der Waals surface area (Å²) in [5.74, 6) is 0.0718.